The lowest BCUT2D eigenvalue weighted by atomic mass is 9.76. The normalized spacial score (nSPS) is 21.9. The summed E-state index contributed by atoms with van der Waals surface area (Å²) in [7, 11) is 0. The molecule has 4 rings (SSSR count). The fourth-order valence-corrected chi connectivity index (χ4v) is 5.15. The van der Waals surface area contributed by atoms with Gasteiger partial charge >= 0.3 is 5.97 Å². The minimum atomic E-state index is -0.500. The summed E-state index contributed by atoms with van der Waals surface area (Å²) in [5, 5.41) is 9.53. The fraction of sp³-hybridized carbons (Fsp3) is 0.387. The van der Waals surface area contributed by atoms with Crippen LogP contribution < -0.4 is 0 Å². The Labute approximate surface area is 208 Å². The van der Waals surface area contributed by atoms with Gasteiger partial charge < -0.3 is 9.84 Å². The monoisotopic (exact) mass is 474 g/mol. The van der Waals surface area contributed by atoms with E-state index in [-0.39, 0.29) is 24.9 Å². The van der Waals surface area contributed by atoms with Crippen molar-refractivity contribution in [3.05, 3.63) is 94.9 Å². The zero-order valence-corrected chi connectivity index (χ0v) is 20.7. The molecule has 1 saturated carbocycles. The van der Waals surface area contributed by atoms with Gasteiger partial charge in [-0.15, -0.1) is 0 Å². The second kappa shape index (κ2) is 11.2. The second-order valence-corrected chi connectivity index (χ2v) is 10.1. The Bertz CT molecular complexity index is 1150. The average Bonchev–Trinajstić information content (AvgIpc) is 2.87. The molecule has 1 atom stereocenters. The molecule has 0 saturated heterocycles. The van der Waals surface area contributed by atoms with Gasteiger partial charge in [-0.25, -0.2) is 9.18 Å². The topological polar surface area (TPSA) is 46.5 Å². The maximum atomic E-state index is 15.4. The molecule has 0 aromatic heterocycles. The van der Waals surface area contributed by atoms with E-state index in [0.29, 0.717) is 33.7 Å². The summed E-state index contributed by atoms with van der Waals surface area (Å²) in [4.78, 5) is 11.9. The van der Waals surface area contributed by atoms with Crippen LogP contribution in [0, 0.1) is 17.7 Å². The molecule has 1 N–H and O–H groups in total. The number of benzene rings is 2. The highest BCUT2D eigenvalue weighted by Gasteiger charge is 2.23. The Morgan fingerprint density at radius 3 is 2.49 bits per heavy atom. The van der Waals surface area contributed by atoms with E-state index < -0.39 is 5.97 Å². The molecule has 4 heteroatoms. The quantitative estimate of drug-likeness (QED) is 0.336. The molecule has 0 amide bonds. The van der Waals surface area contributed by atoms with Crippen molar-refractivity contribution in [2.75, 3.05) is 0 Å². The van der Waals surface area contributed by atoms with Crippen LogP contribution in [0.5, 0.6) is 0 Å². The van der Waals surface area contributed by atoms with Crippen molar-refractivity contribution in [1.82, 2.24) is 0 Å². The Balaban J connectivity index is 1.51. The standard InChI is InChI=1S/C31H35FO3/c1-20(2)31(34)35-19-27-16-22(18-33)6-14-28(27)29-15-13-26(17-30(29)32)25-11-9-24(10-12-25)23-7-4-21(3)5-8-23/h6,9-11,13-17,21,23,25,33H,1,4-5,7-8,12,18-19H2,2-3H3. The first-order chi connectivity index (χ1) is 16.9. The molecule has 35 heavy (non-hydrogen) atoms. The molecule has 0 bridgehead atoms. The molecule has 0 spiro atoms. The van der Waals surface area contributed by atoms with E-state index in [1.807, 2.05) is 6.07 Å². The van der Waals surface area contributed by atoms with Gasteiger partial charge in [0, 0.05) is 17.1 Å². The number of ether oxygens (including phenoxy) is 1. The number of aliphatic hydroxyl groups is 1. The van der Waals surface area contributed by atoms with Crippen molar-refractivity contribution in [3.8, 4) is 11.1 Å². The summed E-state index contributed by atoms with van der Waals surface area (Å²) in [6.45, 7) is 7.36. The molecule has 0 heterocycles. The fourth-order valence-electron chi connectivity index (χ4n) is 5.15. The highest BCUT2D eigenvalue weighted by molar-refractivity contribution is 5.87. The third-order valence-corrected chi connectivity index (χ3v) is 7.39. The van der Waals surface area contributed by atoms with Crippen molar-refractivity contribution < 1.29 is 19.0 Å². The highest BCUT2D eigenvalue weighted by Crippen LogP contribution is 2.38. The molecule has 1 fully saturated rings. The molecular formula is C31H35FO3. The molecule has 3 nitrogen and oxygen atoms in total. The molecule has 1 unspecified atom stereocenters. The zero-order chi connectivity index (χ0) is 24.9. The Morgan fingerprint density at radius 1 is 1.11 bits per heavy atom. The van der Waals surface area contributed by atoms with Crippen molar-refractivity contribution >= 4 is 5.97 Å². The summed E-state index contributed by atoms with van der Waals surface area (Å²) < 4.78 is 20.7. The number of carbonyl (C=O) groups is 1. The van der Waals surface area contributed by atoms with Crippen LogP contribution in [0.2, 0.25) is 0 Å². The number of halogens is 1. The van der Waals surface area contributed by atoms with Crippen molar-refractivity contribution in [1.29, 1.82) is 0 Å². The predicted octanol–water partition coefficient (Wildman–Crippen LogP) is 7.40. The summed E-state index contributed by atoms with van der Waals surface area (Å²) in [5.41, 5.74) is 5.12. The predicted molar refractivity (Wildman–Crippen MR) is 138 cm³/mol. The van der Waals surface area contributed by atoms with E-state index in [0.717, 1.165) is 17.9 Å². The second-order valence-electron chi connectivity index (χ2n) is 10.1. The molecule has 2 aliphatic carbocycles. The van der Waals surface area contributed by atoms with Crippen LogP contribution in [-0.2, 0) is 22.7 Å². The largest absolute Gasteiger partial charge is 0.457 e. The molecule has 2 aromatic rings. The van der Waals surface area contributed by atoms with Crippen LogP contribution in [-0.4, -0.2) is 11.1 Å². The smallest absolute Gasteiger partial charge is 0.333 e. The molecule has 2 aliphatic rings. The van der Waals surface area contributed by atoms with E-state index in [4.69, 9.17) is 4.74 Å². The van der Waals surface area contributed by atoms with Gasteiger partial charge in [0.1, 0.15) is 12.4 Å². The highest BCUT2D eigenvalue weighted by atomic mass is 19.1. The third kappa shape index (κ3) is 5.99. The van der Waals surface area contributed by atoms with Gasteiger partial charge in [-0.3, -0.25) is 0 Å². The average molecular weight is 475 g/mol. The van der Waals surface area contributed by atoms with Gasteiger partial charge in [0.15, 0.2) is 0 Å². The van der Waals surface area contributed by atoms with Crippen LogP contribution in [0.4, 0.5) is 4.39 Å². The van der Waals surface area contributed by atoms with E-state index in [1.165, 1.54) is 31.3 Å². The first-order valence-corrected chi connectivity index (χ1v) is 12.6. The van der Waals surface area contributed by atoms with E-state index >= 15 is 4.39 Å². The molecule has 0 aliphatic heterocycles. The lowest BCUT2D eigenvalue weighted by molar-refractivity contribution is -0.140. The van der Waals surface area contributed by atoms with Crippen molar-refractivity contribution in [3.63, 3.8) is 0 Å². The minimum Gasteiger partial charge on any atom is -0.457 e. The molecule has 184 valence electrons. The number of hydrogen-bond donors (Lipinski definition) is 1. The van der Waals surface area contributed by atoms with Gasteiger partial charge in [0.25, 0.3) is 0 Å². The Morgan fingerprint density at radius 2 is 1.86 bits per heavy atom. The SMILES string of the molecule is C=C(C)C(=O)OCc1cc(CO)ccc1-c1ccc(C2C=CC(C3CCC(C)CC3)=CC2)cc1F. The summed E-state index contributed by atoms with van der Waals surface area (Å²) in [6.07, 6.45) is 12.9. The number of rotatable bonds is 7. The summed E-state index contributed by atoms with van der Waals surface area (Å²) in [6, 6.07) is 10.7. The van der Waals surface area contributed by atoms with Gasteiger partial charge in [0.05, 0.1) is 6.61 Å². The zero-order valence-electron chi connectivity index (χ0n) is 20.7. The first-order valence-electron chi connectivity index (χ1n) is 12.6. The van der Waals surface area contributed by atoms with Crippen molar-refractivity contribution in [2.24, 2.45) is 11.8 Å². The van der Waals surface area contributed by atoms with Crippen LogP contribution in [0.15, 0.2) is 72.4 Å². The lowest BCUT2D eigenvalue weighted by Crippen LogP contribution is -2.15. The van der Waals surface area contributed by atoms with E-state index in [1.54, 1.807) is 37.3 Å². The maximum Gasteiger partial charge on any atom is 0.333 e. The molecule has 2 aromatic carbocycles. The molecule has 0 radical (unpaired) electrons. The number of carbonyl (C=O) groups excluding carboxylic acids is 1. The number of esters is 1. The van der Waals surface area contributed by atoms with Crippen LogP contribution in [0.25, 0.3) is 11.1 Å². The van der Waals surface area contributed by atoms with E-state index in [2.05, 4.69) is 31.7 Å². The Hall–Kier alpha value is -2.98. The minimum absolute atomic E-state index is 0.0189. The number of allylic oxidation sites excluding steroid dienone is 4. The van der Waals surface area contributed by atoms with Gasteiger partial charge in [-0.1, -0.05) is 68.8 Å². The van der Waals surface area contributed by atoms with Crippen LogP contribution in [0.1, 0.15) is 68.6 Å². The number of aliphatic hydroxyl groups excluding tert-OH is 1. The van der Waals surface area contributed by atoms with Gasteiger partial charge in [-0.05, 0) is 78.0 Å². The third-order valence-electron chi connectivity index (χ3n) is 7.39. The summed E-state index contributed by atoms with van der Waals surface area (Å²) >= 11 is 0. The van der Waals surface area contributed by atoms with Gasteiger partial charge in [-0.2, -0.15) is 0 Å². The van der Waals surface area contributed by atoms with E-state index in [9.17, 15) is 9.90 Å². The lowest BCUT2D eigenvalue weighted by Gasteiger charge is -2.29. The van der Waals surface area contributed by atoms with Crippen LogP contribution in [0.3, 0.4) is 0 Å². The maximum absolute atomic E-state index is 15.4. The van der Waals surface area contributed by atoms with Gasteiger partial charge in [0.2, 0.25) is 0 Å². The van der Waals surface area contributed by atoms with Crippen LogP contribution >= 0.6 is 0 Å². The van der Waals surface area contributed by atoms with Crippen molar-refractivity contribution in [2.45, 2.75) is 65.1 Å². The first kappa shape index (κ1) is 25.1. The number of hydrogen-bond acceptors (Lipinski definition) is 3. The summed E-state index contributed by atoms with van der Waals surface area (Å²) in [5.74, 6) is 0.864. The molecular weight excluding hydrogens is 439 g/mol. The Kier molecular flexibility index (Phi) is 8.02.